The molecule has 1 aliphatic rings. The van der Waals surface area contributed by atoms with Gasteiger partial charge >= 0.3 is 5.97 Å². The molecule has 1 fully saturated rings. The Bertz CT molecular complexity index is 826. The van der Waals surface area contributed by atoms with Crippen molar-refractivity contribution in [3.8, 4) is 0 Å². The third-order valence-electron chi connectivity index (χ3n) is 5.46. The molecule has 1 amide bonds. The number of amides is 1. The third-order valence-corrected chi connectivity index (χ3v) is 6.17. The van der Waals surface area contributed by atoms with Gasteiger partial charge in [0.05, 0.1) is 13.5 Å². The highest BCUT2D eigenvalue weighted by Crippen LogP contribution is 2.39. The van der Waals surface area contributed by atoms with E-state index >= 15 is 0 Å². The number of hydrogen-bond acceptors (Lipinski definition) is 3. The second-order valence-electron chi connectivity index (χ2n) is 7.18. The van der Waals surface area contributed by atoms with Gasteiger partial charge in [0, 0.05) is 10.0 Å². The zero-order chi connectivity index (χ0) is 20.1. The van der Waals surface area contributed by atoms with Crippen LogP contribution in [-0.4, -0.2) is 24.5 Å². The van der Waals surface area contributed by atoms with E-state index in [1.54, 1.807) is 18.2 Å². The van der Waals surface area contributed by atoms with Gasteiger partial charge in [0.2, 0.25) is 5.91 Å². The van der Waals surface area contributed by atoms with Gasteiger partial charge in [0.15, 0.2) is 0 Å². The van der Waals surface area contributed by atoms with Gasteiger partial charge in [0.1, 0.15) is 5.54 Å². The summed E-state index contributed by atoms with van der Waals surface area (Å²) in [5.74, 6) is -0.329. The average molecular weight is 420 g/mol. The highest BCUT2D eigenvalue weighted by Gasteiger charge is 2.44. The van der Waals surface area contributed by atoms with Crippen LogP contribution in [0.2, 0.25) is 10.0 Å². The van der Waals surface area contributed by atoms with Crippen molar-refractivity contribution in [2.75, 3.05) is 7.11 Å². The zero-order valence-corrected chi connectivity index (χ0v) is 17.2. The van der Waals surface area contributed by atoms with Crippen molar-refractivity contribution in [3.05, 3.63) is 69.7 Å². The van der Waals surface area contributed by atoms with Gasteiger partial charge in [-0.15, -0.1) is 0 Å². The number of rotatable bonds is 5. The molecule has 28 heavy (non-hydrogen) atoms. The van der Waals surface area contributed by atoms with Gasteiger partial charge in [-0.2, -0.15) is 0 Å². The van der Waals surface area contributed by atoms with E-state index in [2.05, 4.69) is 17.4 Å². The minimum absolute atomic E-state index is 0.0133. The molecule has 3 rings (SSSR count). The fraction of sp³-hybridized carbons (Fsp3) is 0.364. The third kappa shape index (κ3) is 4.50. The summed E-state index contributed by atoms with van der Waals surface area (Å²) in [7, 11) is 1.35. The maximum absolute atomic E-state index is 12.7. The normalized spacial score (nSPS) is 21.8. The highest BCUT2D eigenvalue weighted by molar-refractivity contribution is 6.36. The molecule has 1 aliphatic carbocycles. The standard InChI is InChI=1S/C22H23Cl2NO3/c1-28-21(27)22(12-10-16(11-13-22)15-6-3-2-4-7-15)25-20(26)14-17-18(23)8-5-9-19(17)24/h2-9,16H,10-14H2,1H3,(H,25,26). The molecule has 0 radical (unpaired) electrons. The number of carbonyl (C=O) groups excluding carboxylic acids is 2. The van der Waals surface area contributed by atoms with E-state index in [1.165, 1.54) is 12.7 Å². The van der Waals surface area contributed by atoms with Crippen molar-refractivity contribution >= 4 is 35.1 Å². The van der Waals surface area contributed by atoms with E-state index in [0.717, 1.165) is 12.8 Å². The number of hydrogen-bond donors (Lipinski definition) is 1. The SMILES string of the molecule is COC(=O)C1(NC(=O)Cc2c(Cl)cccc2Cl)CCC(c2ccccc2)CC1. The molecule has 0 unspecified atom stereocenters. The Kier molecular flexibility index (Phi) is 6.63. The second-order valence-corrected chi connectivity index (χ2v) is 8.00. The van der Waals surface area contributed by atoms with Gasteiger partial charge in [-0.1, -0.05) is 59.6 Å². The van der Waals surface area contributed by atoms with Crippen LogP contribution in [0.25, 0.3) is 0 Å². The number of ether oxygens (including phenoxy) is 1. The van der Waals surface area contributed by atoms with E-state index in [9.17, 15) is 9.59 Å². The molecule has 0 aromatic heterocycles. The largest absolute Gasteiger partial charge is 0.467 e. The van der Waals surface area contributed by atoms with Crippen molar-refractivity contribution in [1.82, 2.24) is 5.32 Å². The first-order valence-electron chi connectivity index (χ1n) is 9.32. The number of carbonyl (C=O) groups is 2. The first kappa shape index (κ1) is 20.7. The number of methoxy groups -OCH3 is 1. The number of nitrogens with one attached hydrogen (secondary N) is 1. The maximum Gasteiger partial charge on any atom is 0.331 e. The lowest BCUT2D eigenvalue weighted by Crippen LogP contribution is -2.57. The maximum atomic E-state index is 12.7. The summed E-state index contributed by atoms with van der Waals surface area (Å²) in [5, 5.41) is 3.79. The molecule has 0 atom stereocenters. The van der Waals surface area contributed by atoms with Gasteiger partial charge < -0.3 is 10.1 Å². The summed E-state index contributed by atoms with van der Waals surface area (Å²) in [5.41, 5.74) is 0.807. The minimum Gasteiger partial charge on any atom is -0.467 e. The monoisotopic (exact) mass is 419 g/mol. The number of benzene rings is 2. The summed E-state index contributed by atoms with van der Waals surface area (Å²) in [6.45, 7) is 0. The summed E-state index contributed by atoms with van der Waals surface area (Å²) in [6, 6.07) is 15.4. The lowest BCUT2D eigenvalue weighted by atomic mass is 9.74. The van der Waals surface area contributed by atoms with Crippen LogP contribution in [0.5, 0.6) is 0 Å². The molecule has 4 nitrogen and oxygen atoms in total. The average Bonchev–Trinajstić information content (AvgIpc) is 2.71. The molecule has 2 aromatic rings. The van der Waals surface area contributed by atoms with Crippen LogP contribution in [0, 0.1) is 0 Å². The molecule has 0 heterocycles. The van der Waals surface area contributed by atoms with Crippen LogP contribution in [0.4, 0.5) is 0 Å². The summed E-state index contributed by atoms with van der Waals surface area (Å²) < 4.78 is 5.03. The fourth-order valence-corrected chi connectivity index (χ4v) is 4.45. The molecule has 148 valence electrons. The van der Waals surface area contributed by atoms with Crippen molar-refractivity contribution < 1.29 is 14.3 Å². The fourth-order valence-electron chi connectivity index (χ4n) is 3.92. The summed E-state index contributed by atoms with van der Waals surface area (Å²) in [4.78, 5) is 25.3. The van der Waals surface area contributed by atoms with E-state index in [1.807, 2.05) is 18.2 Å². The Balaban J connectivity index is 1.72. The van der Waals surface area contributed by atoms with Crippen LogP contribution in [0.15, 0.2) is 48.5 Å². The predicted octanol–water partition coefficient (Wildman–Crippen LogP) is 4.92. The van der Waals surface area contributed by atoms with Gasteiger partial charge in [-0.3, -0.25) is 4.79 Å². The van der Waals surface area contributed by atoms with E-state index in [0.29, 0.717) is 34.4 Å². The quantitative estimate of drug-likeness (QED) is 0.699. The van der Waals surface area contributed by atoms with Crippen LogP contribution in [-0.2, 0) is 20.7 Å². The number of esters is 1. The topological polar surface area (TPSA) is 55.4 Å². The first-order valence-corrected chi connectivity index (χ1v) is 10.1. The van der Waals surface area contributed by atoms with E-state index in [4.69, 9.17) is 27.9 Å². The molecule has 1 saturated carbocycles. The molecular weight excluding hydrogens is 397 g/mol. The Labute approximate surface area is 175 Å². The minimum atomic E-state index is -1.01. The van der Waals surface area contributed by atoms with Crippen LogP contribution < -0.4 is 5.32 Å². The van der Waals surface area contributed by atoms with Crippen LogP contribution >= 0.6 is 23.2 Å². The predicted molar refractivity (Wildman–Crippen MR) is 111 cm³/mol. The van der Waals surface area contributed by atoms with Crippen LogP contribution in [0.1, 0.15) is 42.7 Å². The lowest BCUT2D eigenvalue weighted by Gasteiger charge is -2.38. The van der Waals surface area contributed by atoms with E-state index < -0.39 is 11.5 Å². The molecular formula is C22H23Cl2NO3. The smallest absolute Gasteiger partial charge is 0.331 e. The molecule has 2 aromatic carbocycles. The molecule has 0 bridgehead atoms. The lowest BCUT2D eigenvalue weighted by molar-refractivity contribution is -0.152. The Morgan fingerprint density at radius 2 is 1.64 bits per heavy atom. The molecule has 0 aliphatic heterocycles. The molecule has 1 N–H and O–H groups in total. The van der Waals surface area contributed by atoms with Crippen molar-refractivity contribution in [2.24, 2.45) is 0 Å². The Morgan fingerprint density at radius 3 is 2.21 bits per heavy atom. The van der Waals surface area contributed by atoms with Gasteiger partial charge in [-0.25, -0.2) is 4.79 Å². The van der Waals surface area contributed by atoms with Crippen molar-refractivity contribution in [2.45, 2.75) is 43.6 Å². The highest BCUT2D eigenvalue weighted by atomic mass is 35.5. The van der Waals surface area contributed by atoms with Gasteiger partial charge in [0.25, 0.3) is 0 Å². The molecule has 6 heteroatoms. The van der Waals surface area contributed by atoms with Gasteiger partial charge in [-0.05, 0) is 54.9 Å². The Hall–Kier alpha value is -2.04. The first-order chi connectivity index (χ1) is 13.4. The Morgan fingerprint density at radius 1 is 1.04 bits per heavy atom. The summed E-state index contributed by atoms with van der Waals surface area (Å²) in [6.07, 6.45) is 2.67. The van der Waals surface area contributed by atoms with Crippen molar-refractivity contribution in [3.63, 3.8) is 0 Å². The van der Waals surface area contributed by atoms with Crippen LogP contribution in [0.3, 0.4) is 0 Å². The number of halogens is 2. The second kappa shape index (κ2) is 8.97. The van der Waals surface area contributed by atoms with Crippen molar-refractivity contribution in [1.29, 1.82) is 0 Å². The summed E-state index contributed by atoms with van der Waals surface area (Å²) >= 11 is 12.3. The molecule has 0 saturated heterocycles. The molecule has 0 spiro atoms. The zero-order valence-electron chi connectivity index (χ0n) is 15.7. The van der Waals surface area contributed by atoms with E-state index in [-0.39, 0.29) is 12.3 Å².